The minimum Gasteiger partial charge on any atom is -0.423 e. The number of ether oxygens (including phenoxy) is 1. The topological polar surface area (TPSA) is 107 Å². The standard InChI is InChI=1S/C22H16N2O6/c25-20-18-13-1-2-14(11-13)19(18)21(26)23(20)15-5-3-12(4-6-15)22(27)30-17-9-7-16(8-10-17)24(28)29/h1-10,13-14,18-19H,11H2/t13-,14-,18+,19+/m1/s1. The summed E-state index contributed by atoms with van der Waals surface area (Å²) in [6, 6.07) is 11.3. The number of hydrogen-bond acceptors (Lipinski definition) is 6. The lowest BCUT2D eigenvalue weighted by Crippen LogP contribution is -2.32. The lowest BCUT2D eigenvalue weighted by Gasteiger charge is -2.17. The number of nitrogens with zero attached hydrogens (tertiary/aromatic N) is 2. The molecule has 0 N–H and O–H groups in total. The molecule has 5 rings (SSSR count). The summed E-state index contributed by atoms with van der Waals surface area (Å²) in [6.07, 6.45) is 4.95. The van der Waals surface area contributed by atoms with Gasteiger partial charge < -0.3 is 4.74 Å². The van der Waals surface area contributed by atoms with Crippen LogP contribution in [0.25, 0.3) is 0 Å². The SMILES string of the molecule is O=C(Oc1ccc([N+](=O)[O-])cc1)c1ccc(N2C(=O)[C@@H]3[C@@H](C2=O)[C@@H]2C=C[C@@H]3C2)cc1. The van der Waals surface area contributed by atoms with Crippen LogP contribution in [-0.4, -0.2) is 22.7 Å². The van der Waals surface area contributed by atoms with Crippen LogP contribution in [0.1, 0.15) is 16.8 Å². The number of non-ortho nitro benzene ring substituents is 1. The number of nitro groups is 1. The van der Waals surface area contributed by atoms with E-state index in [0.717, 1.165) is 6.42 Å². The highest BCUT2D eigenvalue weighted by molar-refractivity contribution is 6.22. The molecule has 1 saturated carbocycles. The fraction of sp³-hybridized carbons (Fsp3) is 0.227. The van der Waals surface area contributed by atoms with Crippen LogP contribution in [0.15, 0.2) is 60.7 Å². The van der Waals surface area contributed by atoms with Crippen LogP contribution in [0, 0.1) is 33.8 Å². The maximum absolute atomic E-state index is 12.9. The molecule has 2 aromatic carbocycles. The largest absolute Gasteiger partial charge is 0.423 e. The lowest BCUT2D eigenvalue weighted by atomic mass is 9.85. The van der Waals surface area contributed by atoms with Crippen LogP contribution in [0.2, 0.25) is 0 Å². The van der Waals surface area contributed by atoms with Crippen LogP contribution >= 0.6 is 0 Å². The first-order valence-electron chi connectivity index (χ1n) is 9.57. The summed E-state index contributed by atoms with van der Waals surface area (Å²) in [5.74, 6) is -1.11. The summed E-state index contributed by atoms with van der Waals surface area (Å²) in [4.78, 5) is 49.4. The third kappa shape index (κ3) is 2.72. The summed E-state index contributed by atoms with van der Waals surface area (Å²) >= 11 is 0. The van der Waals surface area contributed by atoms with Crippen LogP contribution in [0.3, 0.4) is 0 Å². The van der Waals surface area contributed by atoms with Crippen LogP contribution in [0.5, 0.6) is 5.75 Å². The Hall–Kier alpha value is -3.81. The third-order valence-corrected chi connectivity index (χ3v) is 6.09. The van der Waals surface area contributed by atoms with Crippen molar-refractivity contribution in [1.29, 1.82) is 0 Å². The molecule has 2 bridgehead atoms. The Labute approximate surface area is 170 Å². The van der Waals surface area contributed by atoms with Crippen molar-refractivity contribution >= 4 is 29.2 Å². The molecule has 8 nitrogen and oxygen atoms in total. The van der Waals surface area contributed by atoms with E-state index in [2.05, 4.69) is 0 Å². The average Bonchev–Trinajstić information content (AvgIpc) is 3.42. The molecule has 150 valence electrons. The van der Waals surface area contributed by atoms with Crippen molar-refractivity contribution in [3.05, 3.63) is 76.4 Å². The van der Waals surface area contributed by atoms with E-state index in [-0.39, 0.29) is 52.5 Å². The third-order valence-electron chi connectivity index (χ3n) is 6.09. The van der Waals surface area contributed by atoms with Crippen LogP contribution in [0.4, 0.5) is 11.4 Å². The first kappa shape index (κ1) is 18.2. The van der Waals surface area contributed by atoms with Gasteiger partial charge in [0.25, 0.3) is 5.69 Å². The molecule has 2 aromatic rings. The van der Waals surface area contributed by atoms with Crippen molar-refractivity contribution in [2.75, 3.05) is 4.90 Å². The number of esters is 1. The summed E-state index contributed by atoms with van der Waals surface area (Å²) in [5.41, 5.74) is 0.566. The zero-order valence-corrected chi connectivity index (χ0v) is 15.6. The number of benzene rings is 2. The number of fused-ring (bicyclic) bond motifs is 5. The molecular weight excluding hydrogens is 388 g/mol. The van der Waals surface area contributed by atoms with Crippen molar-refractivity contribution in [3.63, 3.8) is 0 Å². The lowest BCUT2D eigenvalue weighted by molar-refractivity contribution is -0.384. The molecule has 1 saturated heterocycles. The first-order valence-corrected chi connectivity index (χ1v) is 9.57. The molecule has 8 heteroatoms. The van der Waals surface area contributed by atoms with Crippen LogP contribution in [-0.2, 0) is 9.59 Å². The number of carbonyl (C=O) groups excluding carboxylic acids is 3. The Morgan fingerprint density at radius 2 is 1.50 bits per heavy atom. The molecule has 0 radical (unpaired) electrons. The number of hydrogen-bond donors (Lipinski definition) is 0. The van der Waals surface area contributed by atoms with Crippen LogP contribution < -0.4 is 9.64 Å². The zero-order valence-electron chi connectivity index (χ0n) is 15.6. The quantitative estimate of drug-likeness (QED) is 0.194. The molecule has 3 aliphatic rings. The van der Waals surface area contributed by atoms with E-state index in [1.165, 1.54) is 41.3 Å². The second-order valence-electron chi connectivity index (χ2n) is 7.70. The van der Waals surface area contributed by atoms with E-state index < -0.39 is 10.9 Å². The van der Waals surface area contributed by atoms with Gasteiger partial charge in [0.15, 0.2) is 0 Å². The number of carbonyl (C=O) groups is 3. The number of amides is 2. The number of allylic oxidation sites excluding steroid dienone is 2. The number of anilines is 1. The Bertz CT molecular complexity index is 1080. The van der Waals surface area contributed by atoms with E-state index in [4.69, 9.17) is 4.74 Å². The van der Waals surface area contributed by atoms with Crippen molar-refractivity contribution in [3.8, 4) is 5.75 Å². The molecule has 0 aromatic heterocycles. The minimum absolute atomic E-state index is 0.104. The fourth-order valence-corrected chi connectivity index (χ4v) is 4.71. The smallest absolute Gasteiger partial charge is 0.343 e. The van der Waals surface area contributed by atoms with Crippen molar-refractivity contribution in [1.82, 2.24) is 0 Å². The predicted octanol–water partition coefficient (Wildman–Crippen LogP) is 3.13. The highest BCUT2D eigenvalue weighted by Crippen LogP contribution is 2.53. The van der Waals surface area contributed by atoms with Gasteiger partial charge in [-0.1, -0.05) is 12.2 Å². The highest BCUT2D eigenvalue weighted by atomic mass is 16.6. The molecular formula is C22H16N2O6. The summed E-state index contributed by atoms with van der Waals surface area (Å²) in [6.45, 7) is 0. The minimum atomic E-state index is -0.645. The maximum atomic E-state index is 12.9. The number of rotatable bonds is 4. The molecule has 2 aliphatic carbocycles. The van der Waals surface area contributed by atoms with Gasteiger partial charge in [-0.25, -0.2) is 4.79 Å². The number of nitro benzene ring substituents is 1. The average molecular weight is 404 g/mol. The Morgan fingerprint density at radius 3 is 2.03 bits per heavy atom. The van der Waals surface area contributed by atoms with Gasteiger partial charge >= 0.3 is 5.97 Å². The van der Waals surface area contributed by atoms with E-state index in [1.54, 1.807) is 12.1 Å². The van der Waals surface area contributed by atoms with E-state index in [9.17, 15) is 24.5 Å². The van der Waals surface area contributed by atoms with Gasteiger partial charge in [-0.15, -0.1) is 0 Å². The molecule has 0 spiro atoms. The molecule has 2 fully saturated rings. The zero-order chi connectivity index (χ0) is 21.0. The van der Waals surface area contributed by atoms with E-state index in [0.29, 0.717) is 5.69 Å². The summed E-state index contributed by atoms with van der Waals surface area (Å²) < 4.78 is 5.22. The fourth-order valence-electron chi connectivity index (χ4n) is 4.71. The molecule has 0 unspecified atom stereocenters. The van der Waals surface area contributed by atoms with Crippen molar-refractivity contribution in [2.24, 2.45) is 23.7 Å². The van der Waals surface area contributed by atoms with Gasteiger partial charge in [0.05, 0.1) is 28.0 Å². The monoisotopic (exact) mass is 404 g/mol. The van der Waals surface area contributed by atoms with Gasteiger partial charge in [-0.05, 0) is 54.7 Å². The molecule has 4 atom stereocenters. The molecule has 1 aliphatic heterocycles. The second-order valence-corrected chi connectivity index (χ2v) is 7.70. The van der Waals surface area contributed by atoms with E-state index in [1.807, 2.05) is 12.2 Å². The molecule has 30 heavy (non-hydrogen) atoms. The summed E-state index contributed by atoms with van der Waals surface area (Å²) in [7, 11) is 0. The van der Waals surface area contributed by atoms with Gasteiger partial charge in [0, 0.05) is 12.1 Å². The Morgan fingerprint density at radius 1 is 0.933 bits per heavy atom. The van der Waals surface area contributed by atoms with Crippen molar-refractivity contribution < 1.29 is 24.0 Å². The van der Waals surface area contributed by atoms with Gasteiger partial charge in [0.1, 0.15) is 5.75 Å². The maximum Gasteiger partial charge on any atom is 0.343 e. The summed E-state index contributed by atoms with van der Waals surface area (Å²) in [5, 5.41) is 10.7. The van der Waals surface area contributed by atoms with Crippen molar-refractivity contribution in [2.45, 2.75) is 6.42 Å². The normalized spacial score (nSPS) is 26.2. The van der Waals surface area contributed by atoms with Gasteiger partial charge in [-0.3, -0.25) is 24.6 Å². The van der Waals surface area contributed by atoms with Gasteiger partial charge in [0.2, 0.25) is 11.8 Å². The molecule has 2 amide bonds. The van der Waals surface area contributed by atoms with E-state index >= 15 is 0 Å². The van der Waals surface area contributed by atoms with Gasteiger partial charge in [-0.2, -0.15) is 0 Å². The Balaban J connectivity index is 1.31. The predicted molar refractivity (Wildman–Crippen MR) is 105 cm³/mol. The Kier molecular flexibility index (Phi) is 4.02. The number of imide groups is 1. The highest BCUT2D eigenvalue weighted by Gasteiger charge is 2.59. The second kappa shape index (κ2) is 6.62. The molecule has 1 heterocycles. The first-order chi connectivity index (χ1) is 14.4.